The van der Waals surface area contributed by atoms with Gasteiger partial charge in [0.05, 0.1) is 6.61 Å². The highest BCUT2D eigenvalue weighted by atomic mass is 16.6. The standard InChI is InChI=1S/C6H10O4/c1-2-10-6(8)5-9-4-3-7/h3H,2,4-5H2,1H3. The van der Waals surface area contributed by atoms with Crippen LogP contribution in [0.25, 0.3) is 0 Å². The summed E-state index contributed by atoms with van der Waals surface area (Å²) in [4.78, 5) is 20.1. The van der Waals surface area contributed by atoms with Crippen molar-refractivity contribution in [3.63, 3.8) is 0 Å². The molecular formula is C6H10O4. The van der Waals surface area contributed by atoms with Crippen LogP contribution in [-0.4, -0.2) is 32.1 Å². The Bertz CT molecular complexity index is 110. The first-order valence-corrected chi connectivity index (χ1v) is 2.98. The molecule has 0 fully saturated rings. The van der Waals surface area contributed by atoms with Crippen LogP contribution in [0.1, 0.15) is 6.92 Å². The molecule has 0 aliphatic rings. The topological polar surface area (TPSA) is 52.6 Å². The Morgan fingerprint density at radius 3 is 2.80 bits per heavy atom. The van der Waals surface area contributed by atoms with Gasteiger partial charge in [0.2, 0.25) is 0 Å². The predicted octanol–water partition coefficient (Wildman–Crippen LogP) is -0.235. The summed E-state index contributed by atoms with van der Waals surface area (Å²) < 4.78 is 9.06. The molecule has 0 spiro atoms. The summed E-state index contributed by atoms with van der Waals surface area (Å²) in [5.41, 5.74) is 0. The number of esters is 1. The normalized spacial score (nSPS) is 8.90. The molecule has 0 aliphatic carbocycles. The van der Waals surface area contributed by atoms with Crippen LogP contribution in [0.4, 0.5) is 0 Å². The molecule has 0 aromatic carbocycles. The maximum Gasteiger partial charge on any atom is 0.332 e. The summed E-state index contributed by atoms with van der Waals surface area (Å²) in [6.07, 6.45) is 0.583. The number of carbonyl (C=O) groups is 2. The Balaban J connectivity index is 3.13. The summed E-state index contributed by atoms with van der Waals surface area (Å²) in [7, 11) is 0. The van der Waals surface area contributed by atoms with Crippen LogP contribution in [0, 0.1) is 0 Å². The van der Waals surface area contributed by atoms with Crippen LogP contribution in [-0.2, 0) is 19.1 Å². The minimum atomic E-state index is -0.440. The monoisotopic (exact) mass is 146 g/mol. The van der Waals surface area contributed by atoms with Gasteiger partial charge in [-0.3, -0.25) is 0 Å². The third kappa shape index (κ3) is 5.24. The van der Waals surface area contributed by atoms with Gasteiger partial charge in [0.25, 0.3) is 0 Å². The molecule has 4 heteroatoms. The second-order valence-corrected chi connectivity index (χ2v) is 1.49. The van der Waals surface area contributed by atoms with Crippen LogP contribution in [0.5, 0.6) is 0 Å². The average molecular weight is 146 g/mol. The van der Waals surface area contributed by atoms with Crippen molar-refractivity contribution in [3.05, 3.63) is 0 Å². The Morgan fingerprint density at radius 1 is 1.60 bits per heavy atom. The quantitative estimate of drug-likeness (QED) is 0.305. The van der Waals surface area contributed by atoms with E-state index in [4.69, 9.17) is 0 Å². The minimum absolute atomic E-state index is 0.0567. The van der Waals surface area contributed by atoms with Crippen molar-refractivity contribution >= 4 is 12.3 Å². The average Bonchev–Trinajstić information content (AvgIpc) is 1.89. The Labute approximate surface area is 59.1 Å². The second kappa shape index (κ2) is 6.22. The third-order valence-electron chi connectivity index (χ3n) is 0.711. The first kappa shape index (κ1) is 9.10. The number of hydrogen-bond donors (Lipinski definition) is 0. The van der Waals surface area contributed by atoms with E-state index < -0.39 is 5.97 Å². The van der Waals surface area contributed by atoms with E-state index in [-0.39, 0.29) is 13.2 Å². The van der Waals surface area contributed by atoms with E-state index in [0.29, 0.717) is 12.9 Å². The van der Waals surface area contributed by atoms with Crippen molar-refractivity contribution in [3.8, 4) is 0 Å². The van der Waals surface area contributed by atoms with Gasteiger partial charge in [-0.05, 0) is 6.92 Å². The van der Waals surface area contributed by atoms with E-state index >= 15 is 0 Å². The highest BCUT2D eigenvalue weighted by molar-refractivity contribution is 5.70. The van der Waals surface area contributed by atoms with Crippen molar-refractivity contribution in [2.45, 2.75) is 6.92 Å². The van der Waals surface area contributed by atoms with Gasteiger partial charge in [0.1, 0.15) is 19.5 Å². The first-order valence-electron chi connectivity index (χ1n) is 2.98. The number of carbonyl (C=O) groups excluding carboxylic acids is 2. The summed E-state index contributed by atoms with van der Waals surface area (Å²) in [6.45, 7) is 1.84. The SMILES string of the molecule is CCOC(=O)COCC=O. The molecule has 0 saturated carbocycles. The summed E-state index contributed by atoms with van der Waals surface area (Å²) in [6, 6.07) is 0. The third-order valence-corrected chi connectivity index (χ3v) is 0.711. The zero-order valence-corrected chi connectivity index (χ0v) is 5.83. The maximum absolute atomic E-state index is 10.5. The van der Waals surface area contributed by atoms with Crippen molar-refractivity contribution in [1.29, 1.82) is 0 Å². The van der Waals surface area contributed by atoms with Crippen molar-refractivity contribution < 1.29 is 19.1 Å². The molecule has 0 unspecified atom stereocenters. The van der Waals surface area contributed by atoms with Gasteiger partial charge < -0.3 is 14.3 Å². The van der Waals surface area contributed by atoms with E-state index in [2.05, 4.69) is 9.47 Å². The maximum atomic E-state index is 10.5. The molecule has 0 N–H and O–H groups in total. The summed E-state index contributed by atoms with van der Waals surface area (Å²) in [5, 5.41) is 0. The fraction of sp³-hybridized carbons (Fsp3) is 0.667. The van der Waals surface area contributed by atoms with Crippen LogP contribution in [0.2, 0.25) is 0 Å². The molecule has 58 valence electrons. The number of ether oxygens (including phenoxy) is 2. The molecule has 0 bridgehead atoms. The van der Waals surface area contributed by atoms with Crippen LogP contribution >= 0.6 is 0 Å². The van der Waals surface area contributed by atoms with Crippen molar-refractivity contribution in [2.24, 2.45) is 0 Å². The lowest BCUT2D eigenvalue weighted by Gasteiger charge is -1.99. The van der Waals surface area contributed by atoms with Crippen LogP contribution in [0.3, 0.4) is 0 Å². The highest BCUT2D eigenvalue weighted by Crippen LogP contribution is 1.78. The number of hydrogen-bond acceptors (Lipinski definition) is 4. The summed E-state index contributed by atoms with van der Waals surface area (Å²) in [5.74, 6) is -0.440. The second-order valence-electron chi connectivity index (χ2n) is 1.49. The minimum Gasteiger partial charge on any atom is -0.464 e. The van der Waals surface area contributed by atoms with Crippen molar-refractivity contribution in [1.82, 2.24) is 0 Å². The first-order chi connectivity index (χ1) is 4.81. The van der Waals surface area contributed by atoms with Gasteiger partial charge in [-0.2, -0.15) is 0 Å². The molecule has 0 aliphatic heterocycles. The Morgan fingerprint density at radius 2 is 2.30 bits per heavy atom. The van der Waals surface area contributed by atoms with Gasteiger partial charge in [0, 0.05) is 0 Å². The van der Waals surface area contributed by atoms with Crippen molar-refractivity contribution in [2.75, 3.05) is 19.8 Å². The largest absolute Gasteiger partial charge is 0.464 e. The van der Waals surface area contributed by atoms with Crippen LogP contribution < -0.4 is 0 Å². The van der Waals surface area contributed by atoms with Gasteiger partial charge in [0.15, 0.2) is 0 Å². The fourth-order valence-corrected chi connectivity index (χ4v) is 0.393. The zero-order valence-electron chi connectivity index (χ0n) is 5.83. The van der Waals surface area contributed by atoms with E-state index in [1.807, 2.05) is 0 Å². The van der Waals surface area contributed by atoms with E-state index in [9.17, 15) is 9.59 Å². The molecule has 0 rings (SSSR count). The predicted molar refractivity (Wildman–Crippen MR) is 33.5 cm³/mol. The van der Waals surface area contributed by atoms with E-state index in [1.54, 1.807) is 6.92 Å². The number of aldehydes is 1. The van der Waals surface area contributed by atoms with E-state index in [0.717, 1.165) is 0 Å². The molecule has 10 heavy (non-hydrogen) atoms. The molecule has 0 radical (unpaired) electrons. The van der Waals surface area contributed by atoms with Crippen LogP contribution in [0.15, 0.2) is 0 Å². The fourth-order valence-electron chi connectivity index (χ4n) is 0.393. The zero-order chi connectivity index (χ0) is 7.82. The molecule has 0 atom stereocenters. The number of rotatable bonds is 5. The molecular weight excluding hydrogens is 136 g/mol. The molecule has 0 aromatic rings. The molecule has 4 nitrogen and oxygen atoms in total. The van der Waals surface area contributed by atoms with Gasteiger partial charge in [-0.25, -0.2) is 4.79 Å². The van der Waals surface area contributed by atoms with E-state index in [1.165, 1.54) is 0 Å². The Hall–Kier alpha value is -0.900. The molecule has 0 aromatic heterocycles. The highest BCUT2D eigenvalue weighted by Gasteiger charge is 1.98. The smallest absolute Gasteiger partial charge is 0.332 e. The molecule has 0 heterocycles. The summed E-state index contributed by atoms with van der Waals surface area (Å²) >= 11 is 0. The lowest BCUT2D eigenvalue weighted by atomic mass is 10.7. The van der Waals surface area contributed by atoms with Gasteiger partial charge >= 0.3 is 5.97 Å². The molecule has 0 saturated heterocycles. The lowest BCUT2D eigenvalue weighted by Crippen LogP contribution is -2.13. The van der Waals surface area contributed by atoms with Gasteiger partial charge in [-0.1, -0.05) is 0 Å². The molecule has 0 amide bonds. The van der Waals surface area contributed by atoms with Gasteiger partial charge in [-0.15, -0.1) is 0 Å². The Kier molecular flexibility index (Phi) is 5.66. The lowest BCUT2D eigenvalue weighted by molar-refractivity contribution is -0.148.